The quantitative estimate of drug-likeness (QED) is 0.673. The molecule has 0 aliphatic carbocycles. The van der Waals surface area contributed by atoms with Crippen molar-refractivity contribution in [1.29, 1.82) is 0 Å². The highest BCUT2D eigenvalue weighted by Crippen LogP contribution is 2.13. The van der Waals surface area contributed by atoms with Crippen molar-refractivity contribution >= 4 is 11.0 Å². The van der Waals surface area contributed by atoms with Gasteiger partial charge in [-0.05, 0) is 25.1 Å². The fourth-order valence-electron chi connectivity index (χ4n) is 2.37. The van der Waals surface area contributed by atoms with Gasteiger partial charge in [-0.3, -0.25) is 0 Å². The summed E-state index contributed by atoms with van der Waals surface area (Å²) >= 11 is 0. The SMILES string of the molecule is Cn1c(CNCCCc2ncc[nH]2)nc2ccccc21. The van der Waals surface area contributed by atoms with Crippen molar-refractivity contribution in [3.63, 3.8) is 0 Å². The first-order valence-electron chi connectivity index (χ1n) is 6.94. The van der Waals surface area contributed by atoms with E-state index in [2.05, 4.69) is 44.0 Å². The molecule has 1 aromatic carbocycles. The van der Waals surface area contributed by atoms with Gasteiger partial charge in [-0.2, -0.15) is 0 Å². The van der Waals surface area contributed by atoms with Gasteiger partial charge in [0.25, 0.3) is 0 Å². The second-order valence-corrected chi connectivity index (χ2v) is 4.89. The lowest BCUT2D eigenvalue weighted by Crippen LogP contribution is -2.18. The zero-order valence-electron chi connectivity index (χ0n) is 11.6. The normalized spacial score (nSPS) is 11.2. The molecule has 2 aromatic heterocycles. The van der Waals surface area contributed by atoms with Gasteiger partial charge in [0.05, 0.1) is 17.6 Å². The minimum Gasteiger partial charge on any atom is -0.349 e. The van der Waals surface area contributed by atoms with Crippen LogP contribution < -0.4 is 5.32 Å². The van der Waals surface area contributed by atoms with Crippen molar-refractivity contribution in [2.75, 3.05) is 6.54 Å². The number of aromatic nitrogens is 4. The van der Waals surface area contributed by atoms with Crippen LogP contribution in [-0.2, 0) is 20.0 Å². The van der Waals surface area contributed by atoms with Gasteiger partial charge in [0.15, 0.2) is 0 Å². The number of H-pyrrole nitrogens is 1. The van der Waals surface area contributed by atoms with Gasteiger partial charge in [-0.25, -0.2) is 9.97 Å². The van der Waals surface area contributed by atoms with Gasteiger partial charge in [-0.15, -0.1) is 0 Å². The molecule has 0 radical (unpaired) electrons. The molecule has 2 N–H and O–H groups in total. The van der Waals surface area contributed by atoms with E-state index in [9.17, 15) is 0 Å². The van der Waals surface area contributed by atoms with E-state index in [0.29, 0.717) is 0 Å². The average molecular weight is 269 g/mol. The van der Waals surface area contributed by atoms with Crippen LogP contribution in [0.3, 0.4) is 0 Å². The Balaban J connectivity index is 1.51. The largest absolute Gasteiger partial charge is 0.349 e. The van der Waals surface area contributed by atoms with Crippen molar-refractivity contribution in [2.45, 2.75) is 19.4 Å². The number of hydrogen-bond donors (Lipinski definition) is 2. The average Bonchev–Trinajstić information content (AvgIpc) is 3.08. The second-order valence-electron chi connectivity index (χ2n) is 4.89. The topological polar surface area (TPSA) is 58.5 Å². The van der Waals surface area contributed by atoms with Gasteiger partial charge in [0.2, 0.25) is 0 Å². The van der Waals surface area contributed by atoms with E-state index in [1.165, 1.54) is 5.52 Å². The van der Waals surface area contributed by atoms with Crippen LogP contribution in [0.4, 0.5) is 0 Å². The van der Waals surface area contributed by atoms with Crippen LogP contribution in [0.5, 0.6) is 0 Å². The van der Waals surface area contributed by atoms with Crippen molar-refractivity contribution in [1.82, 2.24) is 24.8 Å². The third-order valence-electron chi connectivity index (χ3n) is 3.48. The molecule has 0 amide bonds. The maximum Gasteiger partial charge on any atom is 0.123 e. The summed E-state index contributed by atoms with van der Waals surface area (Å²) in [7, 11) is 2.06. The first-order valence-corrected chi connectivity index (χ1v) is 6.94. The lowest BCUT2D eigenvalue weighted by atomic mass is 10.3. The van der Waals surface area contributed by atoms with Crippen molar-refractivity contribution < 1.29 is 0 Å². The predicted molar refractivity (Wildman–Crippen MR) is 79.3 cm³/mol. The van der Waals surface area contributed by atoms with E-state index >= 15 is 0 Å². The molecular formula is C15H19N5. The number of fused-ring (bicyclic) bond motifs is 1. The maximum atomic E-state index is 4.64. The number of nitrogens with one attached hydrogen (secondary N) is 2. The number of aryl methyl sites for hydroxylation is 2. The molecule has 0 aliphatic heterocycles. The minimum atomic E-state index is 0.795. The second kappa shape index (κ2) is 5.88. The Morgan fingerprint density at radius 1 is 1.30 bits per heavy atom. The summed E-state index contributed by atoms with van der Waals surface area (Å²) < 4.78 is 2.15. The van der Waals surface area contributed by atoms with Crippen molar-refractivity contribution in [3.05, 3.63) is 48.3 Å². The molecule has 3 aromatic rings. The van der Waals surface area contributed by atoms with Gasteiger partial charge < -0.3 is 14.9 Å². The summed E-state index contributed by atoms with van der Waals surface area (Å²) in [6.07, 6.45) is 5.70. The number of aromatic amines is 1. The lowest BCUT2D eigenvalue weighted by Gasteiger charge is -2.04. The number of para-hydroxylation sites is 2. The summed E-state index contributed by atoms with van der Waals surface area (Å²) in [5.74, 6) is 2.12. The van der Waals surface area contributed by atoms with Gasteiger partial charge in [0, 0.05) is 25.9 Å². The Hall–Kier alpha value is -2.14. The molecule has 104 valence electrons. The highest BCUT2D eigenvalue weighted by atomic mass is 15.1. The van der Waals surface area contributed by atoms with Crippen molar-refractivity contribution in [2.24, 2.45) is 7.05 Å². The number of benzene rings is 1. The zero-order chi connectivity index (χ0) is 13.8. The Morgan fingerprint density at radius 2 is 2.20 bits per heavy atom. The molecule has 0 bridgehead atoms. The molecule has 0 atom stereocenters. The smallest absolute Gasteiger partial charge is 0.123 e. The molecule has 3 rings (SSSR count). The molecule has 2 heterocycles. The molecule has 20 heavy (non-hydrogen) atoms. The maximum absolute atomic E-state index is 4.64. The molecule has 0 unspecified atom stereocenters. The van der Waals surface area contributed by atoms with Crippen LogP contribution in [0.15, 0.2) is 36.7 Å². The third kappa shape index (κ3) is 2.72. The summed E-state index contributed by atoms with van der Waals surface area (Å²) in [4.78, 5) is 12.0. The third-order valence-corrected chi connectivity index (χ3v) is 3.48. The van der Waals surface area contributed by atoms with E-state index in [1.54, 1.807) is 6.20 Å². The van der Waals surface area contributed by atoms with E-state index in [4.69, 9.17) is 0 Å². The molecule has 0 aliphatic rings. The number of rotatable bonds is 6. The van der Waals surface area contributed by atoms with Gasteiger partial charge in [-0.1, -0.05) is 12.1 Å². The fourth-order valence-corrected chi connectivity index (χ4v) is 2.37. The van der Waals surface area contributed by atoms with Crippen LogP contribution >= 0.6 is 0 Å². The summed E-state index contributed by atoms with van der Waals surface area (Å²) in [6, 6.07) is 8.22. The Bertz CT molecular complexity index is 669. The number of nitrogens with zero attached hydrogens (tertiary/aromatic N) is 3. The summed E-state index contributed by atoms with van der Waals surface area (Å²) in [6.45, 7) is 1.76. The molecular weight excluding hydrogens is 250 g/mol. The first kappa shape index (κ1) is 12.9. The van der Waals surface area contributed by atoms with Gasteiger partial charge in [0.1, 0.15) is 11.6 Å². The minimum absolute atomic E-state index is 0.795. The monoisotopic (exact) mass is 269 g/mol. The molecule has 0 saturated carbocycles. The summed E-state index contributed by atoms with van der Waals surface area (Å²) in [5.41, 5.74) is 2.24. The summed E-state index contributed by atoms with van der Waals surface area (Å²) in [5, 5.41) is 3.44. The van der Waals surface area contributed by atoms with Crippen LogP contribution in [0, 0.1) is 0 Å². The van der Waals surface area contributed by atoms with E-state index in [-0.39, 0.29) is 0 Å². The predicted octanol–water partition coefficient (Wildman–Crippen LogP) is 2.02. The van der Waals surface area contributed by atoms with E-state index in [0.717, 1.165) is 43.1 Å². The molecule has 0 spiro atoms. The Morgan fingerprint density at radius 3 is 3.00 bits per heavy atom. The van der Waals surface area contributed by atoms with Crippen LogP contribution in [0.2, 0.25) is 0 Å². The fraction of sp³-hybridized carbons (Fsp3) is 0.333. The Kier molecular flexibility index (Phi) is 3.78. The van der Waals surface area contributed by atoms with Crippen LogP contribution in [-0.4, -0.2) is 26.1 Å². The number of imidazole rings is 2. The van der Waals surface area contributed by atoms with Gasteiger partial charge >= 0.3 is 0 Å². The lowest BCUT2D eigenvalue weighted by molar-refractivity contribution is 0.611. The standard InChI is InChI=1S/C15H19N5/c1-20-13-6-3-2-5-12(13)19-15(20)11-16-8-4-7-14-17-9-10-18-14/h2-3,5-6,9-10,16H,4,7-8,11H2,1H3,(H,17,18). The highest BCUT2D eigenvalue weighted by Gasteiger charge is 2.05. The first-order chi connectivity index (χ1) is 9.84. The van der Waals surface area contributed by atoms with E-state index in [1.807, 2.05) is 18.3 Å². The number of hydrogen-bond acceptors (Lipinski definition) is 3. The Labute approximate surface area is 118 Å². The van der Waals surface area contributed by atoms with Crippen LogP contribution in [0.25, 0.3) is 11.0 Å². The molecule has 0 fully saturated rings. The molecule has 5 nitrogen and oxygen atoms in total. The molecule has 0 saturated heterocycles. The zero-order valence-corrected chi connectivity index (χ0v) is 11.6. The highest BCUT2D eigenvalue weighted by molar-refractivity contribution is 5.75. The molecule has 5 heteroatoms. The van der Waals surface area contributed by atoms with Crippen molar-refractivity contribution in [3.8, 4) is 0 Å². The van der Waals surface area contributed by atoms with E-state index < -0.39 is 0 Å². The van der Waals surface area contributed by atoms with Crippen LogP contribution in [0.1, 0.15) is 18.1 Å².